The second kappa shape index (κ2) is 7.11. The highest BCUT2D eigenvalue weighted by molar-refractivity contribution is 7.10. The summed E-state index contributed by atoms with van der Waals surface area (Å²) in [5.41, 5.74) is 0.953. The lowest BCUT2D eigenvalue weighted by atomic mass is 9.80. The molecule has 0 saturated carbocycles. The third-order valence-corrected chi connectivity index (χ3v) is 6.84. The molecule has 7 heteroatoms. The van der Waals surface area contributed by atoms with E-state index in [1.807, 2.05) is 18.4 Å². The standard InChI is InChI=1S/C20H25N3O3S/c1-2-22(14-7-4-3-5-8-14)17(24)13-23-18(25)20(21-19(23)26)11-6-9-16-15(20)10-12-27-16/h7,10,12H,2-6,8-9,11,13H2,1H3,(H,21,26)/t20-/m1/s1. The number of carbonyl (C=O) groups excluding carboxylic acids is 3. The second-order valence-electron chi connectivity index (χ2n) is 7.42. The molecule has 144 valence electrons. The van der Waals surface area contributed by atoms with Crippen LogP contribution in [0.25, 0.3) is 0 Å². The van der Waals surface area contributed by atoms with Gasteiger partial charge in [-0.3, -0.25) is 14.5 Å². The summed E-state index contributed by atoms with van der Waals surface area (Å²) in [7, 11) is 0. The number of hydrogen-bond donors (Lipinski definition) is 1. The number of amides is 4. The molecule has 4 rings (SSSR count). The average Bonchev–Trinajstić information content (AvgIpc) is 3.24. The molecule has 0 radical (unpaired) electrons. The molecule has 0 bridgehead atoms. The monoisotopic (exact) mass is 387 g/mol. The van der Waals surface area contributed by atoms with Gasteiger partial charge >= 0.3 is 6.03 Å². The molecule has 1 aromatic heterocycles. The Morgan fingerprint density at radius 2 is 2.15 bits per heavy atom. The van der Waals surface area contributed by atoms with Crippen LogP contribution in [0.2, 0.25) is 0 Å². The van der Waals surface area contributed by atoms with Gasteiger partial charge in [0.15, 0.2) is 0 Å². The molecule has 2 aliphatic carbocycles. The number of fused-ring (bicyclic) bond motifs is 2. The van der Waals surface area contributed by atoms with Crippen molar-refractivity contribution in [1.29, 1.82) is 0 Å². The third kappa shape index (κ3) is 2.98. The van der Waals surface area contributed by atoms with Crippen LogP contribution in [-0.2, 0) is 21.5 Å². The first-order chi connectivity index (χ1) is 13.1. The Morgan fingerprint density at radius 1 is 1.30 bits per heavy atom. The average molecular weight is 388 g/mol. The maximum Gasteiger partial charge on any atom is 0.325 e. The SMILES string of the molecule is CCN(C(=O)CN1C(=O)N[C@@]2(CCCc3sccc32)C1=O)C1=CCCCC1. The van der Waals surface area contributed by atoms with Gasteiger partial charge in [-0.25, -0.2) is 4.79 Å². The Balaban J connectivity index is 1.55. The molecule has 6 nitrogen and oxygen atoms in total. The van der Waals surface area contributed by atoms with Crippen LogP contribution in [0.4, 0.5) is 4.79 Å². The van der Waals surface area contributed by atoms with Gasteiger partial charge in [-0.05, 0) is 63.3 Å². The summed E-state index contributed by atoms with van der Waals surface area (Å²) in [5.74, 6) is -0.471. The molecule has 0 aromatic carbocycles. The van der Waals surface area contributed by atoms with E-state index in [2.05, 4.69) is 11.4 Å². The summed E-state index contributed by atoms with van der Waals surface area (Å²) in [4.78, 5) is 42.8. The topological polar surface area (TPSA) is 69.7 Å². The van der Waals surface area contributed by atoms with Crippen LogP contribution in [-0.4, -0.2) is 40.7 Å². The number of allylic oxidation sites excluding steroid dienone is 2. The van der Waals surface area contributed by atoms with Gasteiger partial charge in [-0.2, -0.15) is 0 Å². The first-order valence-corrected chi connectivity index (χ1v) is 10.6. The summed E-state index contributed by atoms with van der Waals surface area (Å²) in [5, 5.41) is 4.88. The summed E-state index contributed by atoms with van der Waals surface area (Å²) in [6, 6.07) is 1.48. The fraction of sp³-hybridized carbons (Fsp3) is 0.550. The molecule has 1 atom stereocenters. The highest BCUT2D eigenvalue weighted by Crippen LogP contribution is 2.42. The molecule has 4 amide bonds. The number of rotatable bonds is 4. The van der Waals surface area contributed by atoms with Gasteiger partial charge in [-0.15, -0.1) is 11.3 Å². The van der Waals surface area contributed by atoms with E-state index in [0.717, 1.165) is 59.6 Å². The fourth-order valence-electron chi connectivity index (χ4n) is 4.51. The quantitative estimate of drug-likeness (QED) is 0.807. The zero-order valence-electron chi connectivity index (χ0n) is 15.6. The number of aryl methyl sites for hydroxylation is 1. The lowest BCUT2D eigenvalue weighted by Gasteiger charge is -2.31. The van der Waals surface area contributed by atoms with E-state index in [0.29, 0.717) is 13.0 Å². The first kappa shape index (κ1) is 18.2. The number of hydrogen-bond acceptors (Lipinski definition) is 4. The van der Waals surface area contributed by atoms with Crippen molar-refractivity contribution in [3.63, 3.8) is 0 Å². The summed E-state index contributed by atoms with van der Waals surface area (Å²) >= 11 is 1.63. The summed E-state index contributed by atoms with van der Waals surface area (Å²) in [6.07, 6.45) is 8.57. The highest BCUT2D eigenvalue weighted by Gasteiger charge is 2.54. The minimum absolute atomic E-state index is 0.187. The third-order valence-electron chi connectivity index (χ3n) is 5.86. The molecule has 1 fully saturated rings. The van der Waals surface area contributed by atoms with E-state index in [9.17, 15) is 14.4 Å². The van der Waals surface area contributed by atoms with Crippen LogP contribution < -0.4 is 5.32 Å². The Bertz CT molecular complexity index is 815. The zero-order chi connectivity index (χ0) is 19.0. The van der Waals surface area contributed by atoms with Crippen molar-refractivity contribution in [1.82, 2.24) is 15.1 Å². The Morgan fingerprint density at radius 3 is 2.89 bits per heavy atom. The van der Waals surface area contributed by atoms with Gasteiger partial charge in [0, 0.05) is 22.7 Å². The van der Waals surface area contributed by atoms with Gasteiger partial charge < -0.3 is 10.2 Å². The van der Waals surface area contributed by atoms with Crippen molar-refractivity contribution in [2.24, 2.45) is 0 Å². The molecular weight excluding hydrogens is 362 g/mol. The second-order valence-corrected chi connectivity index (χ2v) is 8.42. The van der Waals surface area contributed by atoms with Gasteiger partial charge in [0.2, 0.25) is 5.91 Å². The van der Waals surface area contributed by atoms with Crippen LogP contribution in [0.15, 0.2) is 23.2 Å². The fourth-order valence-corrected chi connectivity index (χ4v) is 5.51. The minimum Gasteiger partial charge on any atom is -0.319 e. The molecular formula is C20H25N3O3S. The number of likely N-dealkylation sites (N-methyl/N-ethyl adjacent to an activating group) is 1. The van der Waals surface area contributed by atoms with Crippen LogP contribution in [0.3, 0.4) is 0 Å². The summed E-state index contributed by atoms with van der Waals surface area (Å²) < 4.78 is 0. The van der Waals surface area contributed by atoms with E-state index in [1.165, 1.54) is 0 Å². The Hall–Kier alpha value is -2.15. The summed E-state index contributed by atoms with van der Waals surface area (Å²) in [6.45, 7) is 2.28. The highest BCUT2D eigenvalue weighted by atomic mass is 32.1. The normalized spacial score (nSPS) is 24.6. The molecule has 1 aliphatic heterocycles. The van der Waals surface area contributed by atoms with Crippen LogP contribution >= 0.6 is 11.3 Å². The maximum absolute atomic E-state index is 13.2. The molecule has 1 saturated heterocycles. The van der Waals surface area contributed by atoms with E-state index in [1.54, 1.807) is 16.2 Å². The number of nitrogens with one attached hydrogen (secondary N) is 1. The predicted octanol–water partition coefficient (Wildman–Crippen LogP) is 3.14. The minimum atomic E-state index is -0.980. The number of urea groups is 1. The molecule has 2 heterocycles. The molecule has 0 unspecified atom stereocenters. The first-order valence-electron chi connectivity index (χ1n) is 9.77. The largest absolute Gasteiger partial charge is 0.325 e. The van der Waals surface area contributed by atoms with E-state index in [4.69, 9.17) is 0 Å². The van der Waals surface area contributed by atoms with Crippen LogP contribution in [0, 0.1) is 0 Å². The number of thiophene rings is 1. The van der Waals surface area contributed by atoms with Crippen molar-refractivity contribution >= 4 is 29.2 Å². The predicted molar refractivity (Wildman–Crippen MR) is 103 cm³/mol. The molecule has 1 aromatic rings. The lowest BCUT2D eigenvalue weighted by Crippen LogP contribution is -2.47. The van der Waals surface area contributed by atoms with Crippen molar-refractivity contribution in [3.8, 4) is 0 Å². The van der Waals surface area contributed by atoms with E-state index < -0.39 is 11.6 Å². The van der Waals surface area contributed by atoms with Crippen LogP contribution in [0.5, 0.6) is 0 Å². The maximum atomic E-state index is 13.2. The molecule has 1 spiro atoms. The van der Waals surface area contributed by atoms with Gasteiger partial charge in [0.1, 0.15) is 12.1 Å². The van der Waals surface area contributed by atoms with Gasteiger partial charge in [0.05, 0.1) is 0 Å². The smallest absolute Gasteiger partial charge is 0.319 e. The molecule has 1 N–H and O–H groups in total. The van der Waals surface area contributed by atoms with Crippen molar-refractivity contribution in [2.75, 3.05) is 13.1 Å². The molecule has 27 heavy (non-hydrogen) atoms. The Labute approximate surface area is 163 Å². The number of carbonyl (C=O) groups is 3. The van der Waals surface area contributed by atoms with Gasteiger partial charge in [-0.1, -0.05) is 6.08 Å². The van der Waals surface area contributed by atoms with Crippen molar-refractivity contribution in [3.05, 3.63) is 33.7 Å². The van der Waals surface area contributed by atoms with E-state index in [-0.39, 0.29) is 18.4 Å². The number of imide groups is 1. The van der Waals surface area contributed by atoms with Crippen LogP contribution in [0.1, 0.15) is 55.9 Å². The van der Waals surface area contributed by atoms with Gasteiger partial charge in [0.25, 0.3) is 5.91 Å². The lowest BCUT2D eigenvalue weighted by molar-refractivity contribution is -0.138. The van der Waals surface area contributed by atoms with Crippen molar-refractivity contribution in [2.45, 2.75) is 57.4 Å². The molecule has 3 aliphatic rings. The van der Waals surface area contributed by atoms with E-state index >= 15 is 0 Å². The number of nitrogens with zero attached hydrogens (tertiary/aromatic N) is 2. The Kier molecular flexibility index (Phi) is 4.80. The zero-order valence-corrected chi connectivity index (χ0v) is 16.4. The van der Waals surface area contributed by atoms with Crippen molar-refractivity contribution < 1.29 is 14.4 Å².